The summed E-state index contributed by atoms with van der Waals surface area (Å²) in [5, 5.41) is 4.61. The van der Waals surface area contributed by atoms with Crippen molar-refractivity contribution in [2.24, 2.45) is 0 Å². The van der Waals surface area contributed by atoms with Gasteiger partial charge in [0.15, 0.2) is 0 Å². The van der Waals surface area contributed by atoms with Gasteiger partial charge in [-0.2, -0.15) is 0 Å². The van der Waals surface area contributed by atoms with Crippen molar-refractivity contribution < 1.29 is 0 Å². The molecule has 0 aliphatic heterocycles. The van der Waals surface area contributed by atoms with Gasteiger partial charge in [0.25, 0.3) is 0 Å². The van der Waals surface area contributed by atoms with Gasteiger partial charge in [0.1, 0.15) is 0 Å². The second-order valence-corrected chi connectivity index (χ2v) is 7.21. The average Bonchev–Trinajstić information content (AvgIpc) is 2.88. The van der Waals surface area contributed by atoms with Crippen LogP contribution in [0.2, 0.25) is 0 Å². The molecule has 1 nitrogen and oxygen atoms in total. The maximum Gasteiger partial charge on any atom is 0.0418 e. The molecule has 2 aromatic carbocycles. The Balaban J connectivity index is 0.00000109. The molecule has 0 radical (unpaired) electrons. The molecule has 0 amide bonds. The van der Waals surface area contributed by atoms with E-state index in [1.54, 1.807) is 0 Å². The summed E-state index contributed by atoms with van der Waals surface area (Å²) in [6.45, 7) is 17.8. The maximum atomic E-state index is 4.24. The molecular formula is C23H29NS. The Kier molecular flexibility index (Phi) is 6.95. The largest absolute Gasteiger partial charge is 0.341 e. The number of aryl methyl sites for hydroxylation is 2. The van der Waals surface area contributed by atoms with Crippen molar-refractivity contribution in [3.8, 4) is 0 Å². The van der Waals surface area contributed by atoms with Crippen molar-refractivity contribution in [3.05, 3.63) is 64.3 Å². The van der Waals surface area contributed by atoms with E-state index in [9.17, 15) is 0 Å². The minimum atomic E-state index is 0.976. The first-order valence-electron chi connectivity index (χ1n) is 9.03. The van der Waals surface area contributed by atoms with Crippen LogP contribution in [0.4, 0.5) is 0 Å². The lowest BCUT2D eigenvalue weighted by Crippen LogP contribution is -2.25. The lowest BCUT2D eigenvalue weighted by molar-refractivity contribution is 0.661. The summed E-state index contributed by atoms with van der Waals surface area (Å²) in [5.74, 6) is 1.11. The molecular weight excluding hydrogens is 322 g/mol. The summed E-state index contributed by atoms with van der Waals surface area (Å²) in [6, 6.07) is 15.1. The molecule has 1 aromatic heterocycles. The number of benzene rings is 2. The Morgan fingerprint density at radius 2 is 1.48 bits per heavy atom. The van der Waals surface area contributed by atoms with Gasteiger partial charge in [0.05, 0.1) is 0 Å². The summed E-state index contributed by atoms with van der Waals surface area (Å²) in [7, 11) is 0. The Morgan fingerprint density at radius 3 is 2.04 bits per heavy atom. The fraction of sp³-hybridized carbons (Fsp3) is 0.304. The average molecular weight is 352 g/mol. The van der Waals surface area contributed by atoms with Gasteiger partial charge < -0.3 is 4.57 Å². The van der Waals surface area contributed by atoms with Crippen LogP contribution in [0, 0.1) is 13.8 Å². The van der Waals surface area contributed by atoms with E-state index in [4.69, 9.17) is 0 Å². The van der Waals surface area contributed by atoms with E-state index in [2.05, 4.69) is 74.0 Å². The number of hydrogen-bond acceptors (Lipinski definition) is 1. The molecule has 2 heteroatoms. The first-order chi connectivity index (χ1) is 12.1. The van der Waals surface area contributed by atoms with Crippen LogP contribution in [-0.4, -0.2) is 10.3 Å². The van der Waals surface area contributed by atoms with E-state index in [1.807, 2.05) is 25.6 Å². The molecule has 3 aromatic rings. The highest BCUT2D eigenvalue weighted by molar-refractivity contribution is 7.99. The van der Waals surface area contributed by atoms with Crippen LogP contribution in [0.3, 0.4) is 0 Å². The van der Waals surface area contributed by atoms with Gasteiger partial charge >= 0.3 is 0 Å². The summed E-state index contributed by atoms with van der Waals surface area (Å²) < 4.78 is 2.26. The first kappa shape index (κ1) is 19.4. The molecule has 0 unspecified atom stereocenters. The van der Waals surface area contributed by atoms with Crippen LogP contribution in [0.5, 0.6) is 0 Å². The Morgan fingerprint density at radius 1 is 0.880 bits per heavy atom. The fourth-order valence-electron chi connectivity index (χ4n) is 2.93. The predicted octanol–water partition coefficient (Wildman–Crippen LogP) is 5.29. The van der Waals surface area contributed by atoms with Crippen LogP contribution >= 0.6 is 11.8 Å². The molecule has 3 rings (SSSR count). The van der Waals surface area contributed by atoms with E-state index >= 15 is 0 Å². The summed E-state index contributed by atoms with van der Waals surface area (Å²) in [4.78, 5) is 1.36. The molecule has 0 aliphatic carbocycles. The van der Waals surface area contributed by atoms with Crippen molar-refractivity contribution in [1.82, 2.24) is 4.57 Å². The normalized spacial score (nSPS) is 10.6. The molecule has 25 heavy (non-hydrogen) atoms. The fourth-order valence-corrected chi connectivity index (χ4v) is 3.86. The van der Waals surface area contributed by atoms with Crippen molar-refractivity contribution in [2.45, 2.75) is 45.6 Å². The van der Waals surface area contributed by atoms with Gasteiger partial charge in [-0.25, -0.2) is 0 Å². The molecule has 0 fully saturated rings. The quantitative estimate of drug-likeness (QED) is 0.447. The van der Waals surface area contributed by atoms with Crippen LogP contribution in [0.15, 0.2) is 47.4 Å². The predicted molar refractivity (Wildman–Crippen MR) is 115 cm³/mol. The van der Waals surface area contributed by atoms with Crippen molar-refractivity contribution in [1.29, 1.82) is 0 Å². The third kappa shape index (κ3) is 4.38. The number of rotatable bonds is 5. The molecule has 0 atom stereocenters. The number of aromatic nitrogens is 1. The molecule has 0 aliphatic rings. The van der Waals surface area contributed by atoms with Crippen LogP contribution < -0.4 is 10.7 Å². The van der Waals surface area contributed by atoms with Crippen molar-refractivity contribution in [3.63, 3.8) is 0 Å². The summed E-state index contributed by atoms with van der Waals surface area (Å²) >= 11 is 1.93. The van der Waals surface area contributed by atoms with Gasteiger partial charge in [0, 0.05) is 32.9 Å². The zero-order valence-electron chi connectivity index (χ0n) is 15.9. The number of hydrogen-bond donors (Lipinski definition) is 0. The van der Waals surface area contributed by atoms with Gasteiger partial charge in [-0.3, -0.25) is 0 Å². The number of fused-ring (bicyclic) bond motifs is 1. The smallest absolute Gasteiger partial charge is 0.0418 e. The van der Waals surface area contributed by atoms with Crippen molar-refractivity contribution in [2.75, 3.05) is 5.75 Å². The van der Waals surface area contributed by atoms with E-state index in [0.29, 0.717) is 0 Å². The molecule has 0 saturated heterocycles. The van der Waals surface area contributed by atoms with Gasteiger partial charge in [0.2, 0.25) is 0 Å². The maximum absolute atomic E-state index is 4.24. The topological polar surface area (TPSA) is 4.93 Å². The third-order valence-corrected chi connectivity index (χ3v) is 5.55. The highest BCUT2D eigenvalue weighted by Gasteiger charge is 2.04. The lowest BCUT2D eigenvalue weighted by atomic mass is 10.1. The molecule has 0 saturated carbocycles. The molecule has 0 spiro atoms. The van der Waals surface area contributed by atoms with Gasteiger partial charge in [-0.15, -0.1) is 11.8 Å². The zero-order chi connectivity index (χ0) is 18.4. The Bertz CT molecular complexity index is 890. The minimum absolute atomic E-state index is 0.976. The van der Waals surface area contributed by atoms with E-state index in [0.717, 1.165) is 29.4 Å². The van der Waals surface area contributed by atoms with Crippen molar-refractivity contribution >= 4 is 35.7 Å². The van der Waals surface area contributed by atoms with E-state index < -0.39 is 0 Å². The molecule has 0 bridgehead atoms. The highest BCUT2D eigenvalue weighted by Crippen LogP contribution is 2.21. The second kappa shape index (κ2) is 8.96. The molecule has 0 N–H and O–H groups in total. The van der Waals surface area contributed by atoms with Gasteiger partial charge in [-0.05, 0) is 49.3 Å². The molecule has 1 heterocycles. The first-order valence-corrected chi connectivity index (χ1v) is 10.0. The van der Waals surface area contributed by atoms with E-state index in [1.165, 1.54) is 26.8 Å². The second-order valence-electron chi connectivity index (χ2n) is 6.04. The summed E-state index contributed by atoms with van der Waals surface area (Å²) in [6.07, 6.45) is 1.11. The lowest BCUT2D eigenvalue weighted by Gasteiger charge is -2.07. The SMILES string of the molecule is C=c1c2ccccc2c(=C)n1CCCSc1ccc(C)c(C)c1.CC. The van der Waals surface area contributed by atoms with Gasteiger partial charge in [-0.1, -0.05) is 57.3 Å². The Hall–Kier alpha value is -1.93. The van der Waals surface area contributed by atoms with Crippen LogP contribution in [0.1, 0.15) is 31.4 Å². The minimum Gasteiger partial charge on any atom is -0.341 e. The number of nitrogens with zero attached hydrogens (tertiary/aromatic N) is 1. The monoisotopic (exact) mass is 351 g/mol. The summed E-state index contributed by atoms with van der Waals surface area (Å²) in [5.41, 5.74) is 2.73. The zero-order valence-corrected chi connectivity index (χ0v) is 16.7. The number of thioether (sulfide) groups is 1. The Labute approximate surface area is 156 Å². The highest BCUT2D eigenvalue weighted by atomic mass is 32.2. The van der Waals surface area contributed by atoms with E-state index in [-0.39, 0.29) is 0 Å². The van der Waals surface area contributed by atoms with Crippen LogP contribution in [0.25, 0.3) is 23.9 Å². The third-order valence-electron chi connectivity index (χ3n) is 4.47. The molecule has 132 valence electrons. The standard InChI is InChI=1S/C21H23NS.C2H6/c1-15-10-11-19(14-16(15)2)23-13-7-12-22-17(3)20-8-5-6-9-21(20)18(22)4;1-2/h5-6,8-11,14H,3-4,7,12-13H2,1-2H3;1-2H3. The van der Waals surface area contributed by atoms with Crippen LogP contribution in [-0.2, 0) is 6.54 Å².